The smallest absolute Gasteiger partial charge is 0.293 e. The summed E-state index contributed by atoms with van der Waals surface area (Å²) in [5, 5.41) is 16.8. The Morgan fingerprint density at radius 3 is 2.75 bits per heavy atom. The number of halogens is 1. The number of anilines is 1. The molecule has 1 rings (SSSR count). The van der Waals surface area contributed by atoms with Crippen molar-refractivity contribution in [2.45, 2.75) is 20.3 Å². The maximum Gasteiger partial charge on any atom is 0.293 e. The average molecular weight is 300 g/mol. The van der Waals surface area contributed by atoms with Crippen LogP contribution in [0.1, 0.15) is 20.3 Å². The van der Waals surface area contributed by atoms with Gasteiger partial charge in [0.25, 0.3) is 5.69 Å². The second-order valence-electron chi connectivity index (χ2n) is 4.77. The minimum atomic E-state index is -0.507. The molecule has 20 heavy (non-hydrogen) atoms. The zero-order valence-corrected chi connectivity index (χ0v) is 12.2. The summed E-state index contributed by atoms with van der Waals surface area (Å²) >= 11 is 5.92. The molecule has 0 spiro atoms. The Labute approximate surface area is 122 Å². The molecule has 0 aliphatic rings. The van der Waals surface area contributed by atoms with Crippen LogP contribution in [0.4, 0.5) is 11.4 Å². The lowest BCUT2D eigenvalue weighted by Crippen LogP contribution is -2.28. The third-order valence-corrected chi connectivity index (χ3v) is 2.86. The maximum atomic E-state index is 11.5. The summed E-state index contributed by atoms with van der Waals surface area (Å²) in [6.07, 6.45) is 0.231. The van der Waals surface area contributed by atoms with Gasteiger partial charge in [0, 0.05) is 25.6 Å². The van der Waals surface area contributed by atoms with E-state index in [0.29, 0.717) is 12.5 Å². The van der Waals surface area contributed by atoms with E-state index in [1.54, 1.807) is 6.07 Å². The standard InChI is InChI=1S/C13H18ClN3O3/c1-9(2)8-16-12(18)6-7-15-13-10(14)4-3-5-11(13)17(19)20/h3-5,9,15H,6-8H2,1-2H3,(H,16,18). The van der Waals surface area contributed by atoms with E-state index >= 15 is 0 Å². The second-order valence-corrected chi connectivity index (χ2v) is 5.17. The first-order valence-corrected chi connectivity index (χ1v) is 6.73. The van der Waals surface area contributed by atoms with E-state index in [1.165, 1.54) is 12.1 Å². The third kappa shape index (κ3) is 5.05. The molecule has 0 heterocycles. The van der Waals surface area contributed by atoms with Crippen molar-refractivity contribution in [1.82, 2.24) is 5.32 Å². The first-order valence-electron chi connectivity index (χ1n) is 6.35. The number of nitro groups is 1. The number of benzene rings is 1. The molecule has 1 aromatic rings. The van der Waals surface area contributed by atoms with E-state index in [2.05, 4.69) is 10.6 Å². The molecule has 0 atom stereocenters. The summed E-state index contributed by atoms with van der Waals surface area (Å²) in [5.41, 5.74) is 0.149. The molecule has 0 saturated heterocycles. The second kappa shape index (κ2) is 7.69. The lowest BCUT2D eigenvalue weighted by atomic mass is 10.2. The molecule has 1 aromatic carbocycles. The molecule has 0 fully saturated rings. The van der Waals surface area contributed by atoms with Gasteiger partial charge in [0.2, 0.25) is 5.91 Å². The molecule has 0 bridgehead atoms. The van der Waals surface area contributed by atoms with Gasteiger partial charge >= 0.3 is 0 Å². The highest BCUT2D eigenvalue weighted by Crippen LogP contribution is 2.31. The van der Waals surface area contributed by atoms with Crippen LogP contribution in [0.3, 0.4) is 0 Å². The van der Waals surface area contributed by atoms with Gasteiger partial charge in [0.15, 0.2) is 0 Å². The number of para-hydroxylation sites is 1. The molecule has 7 heteroatoms. The lowest BCUT2D eigenvalue weighted by Gasteiger charge is -2.10. The minimum absolute atomic E-state index is 0.0964. The molecule has 0 unspecified atom stereocenters. The van der Waals surface area contributed by atoms with E-state index in [4.69, 9.17) is 11.6 Å². The highest BCUT2D eigenvalue weighted by molar-refractivity contribution is 6.33. The number of nitrogens with one attached hydrogen (secondary N) is 2. The largest absolute Gasteiger partial charge is 0.378 e. The van der Waals surface area contributed by atoms with Crippen LogP contribution in [0.15, 0.2) is 18.2 Å². The van der Waals surface area contributed by atoms with Crippen molar-refractivity contribution < 1.29 is 9.72 Å². The number of hydrogen-bond acceptors (Lipinski definition) is 4. The normalized spacial score (nSPS) is 10.4. The van der Waals surface area contributed by atoms with Gasteiger partial charge in [-0.25, -0.2) is 0 Å². The van der Waals surface area contributed by atoms with Gasteiger partial charge in [-0.2, -0.15) is 0 Å². The Bertz CT molecular complexity index is 492. The lowest BCUT2D eigenvalue weighted by molar-refractivity contribution is -0.383. The molecular formula is C13H18ClN3O3. The fraction of sp³-hybridized carbons (Fsp3) is 0.462. The minimum Gasteiger partial charge on any atom is -0.378 e. The van der Waals surface area contributed by atoms with E-state index in [0.717, 1.165) is 0 Å². The van der Waals surface area contributed by atoms with Gasteiger partial charge in [-0.15, -0.1) is 0 Å². The quantitative estimate of drug-likeness (QED) is 0.599. The summed E-state index contributed by atoms with van der Waals surface area (Å²) in [4.78, 5) is 21.9. The van der Waals surface area contributed by atoms with Crippen LogP contribution in [-0.4, -0.2) is 23.9 Å². The SMILES string of the molecule is CC(C)CNC(=O)CCNc1c(Cl)cccc1[N+](=O)[O-]. The summed E-state index contributed by atoms with van der Waals surface area (Å²) < 4.78 is 0. The fourth-order valence-electron chi connectivity index (χ4n) is 1.55. The summed E-state index contributed by atoms with van der Waals surface area (Å²) in [7, 11) is 0. The molecular weight excluding hydrogens is 282 g/mol. The van der Waals surface area contributed by atoms with Crippen LogP contribution in [0, 0.1) is 16.0 Å². The molecule has 0 aliphatic heterocycles. The molecule has 0 aliphatic carbocycles. The molecule has 1 amide bonds. The van der Waals surface area contributed by atoms with Gasteiger partial charge in [-0.05, 0) is 12.0 Å². The van der Waals surface area contributed by atoms with Crippen LogP contribution >= 0.6 is 11.6 Å². The number of hydrogen-bond donors (Lipinski definition) is 2. The van der Waals surface area contributed by atoms with Gasteiger partial charge in [-0.3, -0.25) is 14.9 Å². The number of nitrogens with zero attached hydrogens (tertiary/aromatic N) is 1. The Hall–Kier alpha value is -1.82. The summed E-state index contributed by atoms with van der Waals surface area (Å²) in [6, 6.07) is 4.45. The Balaban J connectivity index is 2.54. The number of rotatable bonds is 7. The third-order valence-electron chi connectivity index (χ3n) is 2.55. The van der Waals surface area contributed by atoms with Gasteiger partial charge < -0.3 is 10.6 Å². The van der Waals surface area contributed by atoms with Crippen LogP contribution in [0.5, 0.6) is 0 Å². The van der Waals surface area contributed by atoms with Crippen LogP contribution in [0.25, 0.3) is 0 Å². The zero-order chi connectivity index (χ0) is 15.1. The molecule has 0 saturated carbocycles. The highest BCUT2D eigenvalue weighted by atomic mass is 35.5. The summed E-state index contributed by atoms with van der Waals surface area (Å²) in [6.45, 7) is 4.91. The van der Waals surface area contributed by atoms with Gasteiger partial charge in [0.1, 0.15) is 5.69 Å². The van der Waals surface area contributed by atoms with E-state index in [-0.39, 0.29) is 35.3 Å². The van der Waals surface area contributed by atoms with Crippen molar-refractivity contribution >= 4 is 28.9 Å². The van der Waals surface area contributed by atoms with Crippen molar-refractivity contribution in [3.05, 3.63) is 33.3 Å². The van der Waals surface area contributed by atoms with Crippen molar-refractivity contribution in [2.24, 2.45) is 5.92 Å². The topological polar surface area (TPSA) is 84.3 Å². The number of nitro benzene ring substituents is 1. The molecule has 110 valence electrons. The van der Waals surface area contributed by atoms with Crippen molar-refractivity contribution in [3.8, 4) is 0 Å². The van der Waals surface area contributed by atoms with Crippen molar-refractivity contribution in [3.63, 3.8) is 0 Å². The van der Waals surface area contributed by atoms with Crippen LogP contribution in [-0.2, 0) is 4.79 Å². The monoisotopic (exact) mass is 299 g/mol. The average Bonchev–Trinajstić information content (AvgIpc) is 2.37. The van der Waals surface area contributed by atoms with Crippen LogP contribution in [0.2, 0.25) is 5.02 Å². The maximum absolute atomic E-state index is 11.5. The van der Waals surface area contributed by atoms with E-state index in [9.17, 15) is 14.9 Å². The first kappa shape index (κ1) is 16.2. The van der Waals surface area contributed by atoms with E-state index < -0.39 is 4.92 Å². The number of carbonyl (C=O) groups excluding carboxylic acids is 1. The van der Waals surface area contributed by atoms with Crippen molar-refractivity contribution in [2.75, 3.05) is 18.4 Å². The van der Waals surface area contributed by atoms with Crippen LogP contribution < -0.4 is 10.6 Å². The molecule has 6 nitrogen and oxygen atoms in total. The molecule has 0 radical (unpaired) electrons. The fourth-order valence-corrected chi connectivity index (χ4v) is 1.78. The van der Waals surface area contributed by atoms with E-state index in [1.807, 2.05) is 13.8 Å². The summed E-state index contributed by atoms with van der Waals surface area (Å²) in [5.74, 6) is 0.289. The van der Waals surface area contributed by atoms with Gasteiger partial charge in [-0.1, -0.05) is 31.5 Å². The Kier molecular flexibility index (Phi) is 6.24. The predicted octanol–water partition coefficient (Wildman–Crippen LogP) is 2.82. The Morgan fingerprint density at radius 2 is 2.15 bits per heavy atom. The zero-order valence-electron chi connectivity index (χ0n) is 11.5. The number of amides is 1. The predicted molar refractivity (Wildman–Crippen MR) is 79.1 cm³/mol. The van der Waals surface area contributed by atoms with Gasteiger partial charge in [0.05, 0.1) is 9.95 Å². The van der Waals surface area contributed by atoms with Crippen molar-refractivity contribution in [1.29, 1.82) is 0 Å². The first-order chi connectivity index (χ1) is 9.41. The number of carbonyl (C=O) groups is 1. The highest BCUT2D eigenvalue weighted by Gasteiger charge is 2.16. The Morgan fingerprint density at radius 1 is 1.45 bits per heavy atom. The molecule has 0 aromatic heterocycles. The molecule has 2 N–H and O–H groups in total.